The van der Waals surface area contributed by atoms with Gasteiger partial charge in [0.1, 0.15) is 17.4 Å². The molecule has 2 N–H and O–H groups in total. The summed E-state index contributed by atoms with van der Waals surface area (Å²) >= 11 is 0. The number of nitrogens with one attached hydrogen (secondary N) is 2. The third kappa shape index (κ3) is 7.08. The van der Waals surface area contributed by atoms with Gasteiger partial charge in [-0.3, -0.25) is 4.79 Å². The lowest BCUT2D eigenvalue weighted by atomic mass is 10.1. The molecular formula is C33H39N7O5. The highest BCUT2D eigenvalue weighted by Crippen LogP contribution is 2.39. The van der Waals surface area contributed by atoms with Crippen molar-refractivity contribution >= 4 is 45.8 Å². The van der Waals surface area contributed by atoms with Gasteiger partial charge in [-0.05, 0) is 32.3 Å². The van der Waals surface area contributed by atoms with E-state index in [-0.39, 0.29) is 23.5 Å². The number of anilines is 4. The fourth-order valence-electron chi connectivity index (χ4n) is 5.17. The molecule has 12 heteroatoms. The fraction of sp³-hybridized carbons (Fsp3) is 0.333. The van der Waals surface area contributed by atoms with E-state index in [9.17, 15) is 9.59 Å². The van der Waals surface area contributed by atoms with Crippen LogP contribution in [0.5, 0.6) is 5.75 Å². The number of carbonyl (C=O) groups excluding carboxylic acids is 2. The van der Waals surface area contributed by atoms with Crippen molar-refractivity contribution in [2.24, 2.45) is 7.05 Å². The summed E-state index contributed by atoms with van der Waals surface area (Å²) in [5.74, 6) is -0.125. The smallest absolute Gasteiger partial charge is 0.342 e. The molecule has 1 aliphatic rings. The average Bonchev–Trinajstić information content (AvgIpc) is 3.67. The molecule has 1 unspecified atom stereocenters. The maximum Gasteiger partial charge on any atom is 0.342 e. The summed E-state index contributed by atoms with van der Waals surface area (Å²) in [4.78, 5) is 39.3. The van der Waals surface area contributed by atoms with Gasteiger partial charge in [-0.1, -0.05) is 24.8 Å². The van der Waals surface area contributed by atoms with Gasteiger partial charge < -0.3 is 39.2 Å². The Balaban J connectivity index is 1.57. The standard InChI is InChI=1S/C33H39N7O5/c1-7-30(41)35-25-16-26(29(43-6)17-28(25)39(4)14-13-38(2)3)36-33-34-18-23(32(42)45-21-12-15-44-20-21)31(37-33)24-19-40(5)27-11-9-8-10-22(24)27/h7-11,16-19,21H,1,12-15,20H2,2-6H3,(H,35,41)(H,34,36,37). The Labute approximate surface area is 262 Å². The molecule has 12 nitrogen and oxygen atoms in total. The van der Waals surface area contributed by atoms with E-state index in [1.54, 1.807) is 13.2 Å². The minimum Gasteiger partial charge on any atom is -0.494 e. The topological polar surface area (TPSA) is 123 Å². The van der Waals surface area contributed by atoms with Gasteiger partial charge in [0.2, 0.25) is 11.9 Å². The zero-order valence-corrected chi connectivity index (χ0v) is 26.3. The quantitative estimate of drug-likeness (QED) is 0.175. The number of aromatic nitrogens is 3. The van der Waals surface area contributed by atoms with Crippen LogP contribution in [-0.2, 0) is 21.3 Å². The number of fused-ring (bicyclic) bond motifs is 1. The third-order valence-electron chi connectivity index (χ3n) is 7.62. The van der Waals surface area contributed by atoms with E-state index < -0.39 is 5.97 Å². The largest absolute Gasteiger partial charge is 0.494 e. The number of hydrogen-bond donors (Lipinski definition) is 2. The molecule has 1 amide bonds. The van der Waals surface area contributed by atoms with Gasteiger partial charge in [0.25, 0.3) is 0 Å². The van der Waals surface area contributed by atoms with Crippen LogP contribution >= 0.6 is 0 Å². The third-order valence-corrected chi connectivity index (χ3v) is 7.62. The number of esters is 1. The molecule has 0 saturated carbocycles. The average molecular weight is 614 g/mol. The summed E-state index contributed by atoms with van der Waals surface area (Å²) in [7, 11) is 9.47. The number of rotatable bonds is 12. The molecule has 5 rings (SSSR count). The number of aryl methyl sites for hydroxylation is 1. The number of amides is 1. The van der Waals surface area contributed by atoms with Crippen molar-refractivity contribution in [2.45, 2.75) is 12.5 Å². The summed E-state index contributed by atoms with van der Waals surface area (Å²) in [5.41, 5.74) is 4.25. The monoisotopic (exact) mass is 613 g/mol. The zero-order valence-electron chi connectivity index (χ0n) is 26.3. The van der Waals surface area contributed by atoms with Gasteiger partial charge in [-0.25, -0.2) is 14.8 Å². The minimum atomic E-state index is -0.517. The van der Waals surface area contributed by atoms with Crippen molar-refractivity contribution in [3.05, 3.63) is 67.0 Å². The normalized spacial score (nSPS) is 14.4. The fourth-order valence-corrected chi connectivity index (χ4v) is 5.17. The van der Waals surface area contributed by atoms with E-state index >= 15 is 0 Å². The Hall–Kier alpha value is -4.94. The number of ether oxygens (including phenoxy) is 3. The predicted molar refractivity (Wildman–Crippen MR) is 176 cm³/mol. The van der Waals surface area contributed by atoms with E-state index in [0.29, 0.717) is 49.0 Å². The van der Waals surface area contributed by atoms with Gasteiger partial charge in [0.05, 0.1) is 43.1 Å². The van der Waals surface area contributed by atoms with Gasteiger partial charge in [0.15, 0.2) is 0 Å². The lowest BCUT2D eigenvalue weighted by Crippen LogP contribution is -2.29. The molecule has 1 aliphatic heterocycles. The summed E-state index contributed by atoms with van der Waals surface area (Å²) in [5, 5.41) is 7.08. The number of methoxy groups -OCH3 is 1. The highest BCUT2D eigenvalue weighted by Gasteiger charge is 2.26. The first-order chi connectivity index (χ1) is 21.7. The highest BCUT2D eigenvalue weighted by atomic mass is 16.6. The first-order valence-corrected chi connectivity index (χ1v) is 14.7. The molecule has 2 aromatic carbocycles. The van der Waals surface area contributed by atoms with E-state index in [1.807, 2.05) is 74.2 Å². The Morgan fingerprint density at radius 3 is 2.69 bits per heavy atom. The van der Waals surface area contributed by atoms with E-state index in [4.69, 9.17) is 19.2 Å². The van der Waals surface area contributed by atoms with Crippen molar-refractivity contribution < 1.29 is 23.8 Å². The van der Waals surface area contributed by atoms with Crippen molar-refractivity contribution in [3.8, 4) is 17.0 Å². The van der Waals surface area contributed by atoms with Crippen LogP contribution < -0.4 is 20.3 Å². The maximum absolute atomic E-state index is 13.4. The molecule has 45 heavy (non-hydrogen) atoms. The van der Waals surface area contributed by atoms with Gasteiger partial charge in [0, 0.05) is 68.5 Å². The van der Waals surface area contributed by atoms with E-state index in [2.05, 4.69) is 27.1 Å². The second-order valence-electron chi connectivity index (χ2n) is 11.1. The second kappa shape index (κ2) is 13.8. The van der Waals surface area contributed by atoms with Crippen LogP contribution in [0.25, 0.3) is 22.2 Å². The molecule has 1 fully saturated rings. The Morgan fingerprint density at radius 2 is 1.98 bits per heavy atom. The molecule has 1 saturated heterocycles. The van der Waals surface area contributed by atoms with Crippen LogP contribution in [0.3, 0.4) is 0 Å². The maximum atomic E-state index is 13.4. The Bertz CT molecular complexity index is 1710. The highest BCUT2D eigenvalue weighted by molar-refractivity contribution is 6.04. The Morgan fingerprint density at radius 1 is 1.18 bits per heavy atom. The van der Waals surface area contributed by atoms with Gasteiger partial charge in [-0.15, -0.1) is 0 Å². The second-order valence-corrected chi connectivity index (χ2v) is 11.1. The van der Waals surface area contributed by atoms with Crippen molar-refractivity contribution in [3.63, 3.8) is 0 Å². The summed E-state index contributed by atoms with van der Waals surface area (Å²) in [6, 6.07) is 11.5. The first kappa shape index (κ1) is 31.5. The van der Waals surface area contributed by atoms with Crippen molar-refractivity contribution in [1.82, 2.24) is 19.4 Å². The summed E-state index contributed by atoms with van der Waals surface area (Å²) < 4.78 is 18.9. The van der Waals surface area contributed by atoms with Crippen molar-refractivity contribution in [2.75, 3.05) is 70.1 Å². The van der Waals surface area contributed by atoms with Crippen molar-refractivity contribution in [1.29, 1.82) is 0 Å². The number of likely N-dealkylation sites (N-methyl/N-ethyl adjacent to an activating group) is 2. The van der Waals surface area contributed by atoms with Crippen LogP contribution in [0.2, 0.25) is 0 Å². The molecule has 0 aliphatic carbocycles. The molecule has 0 spiro atoms. The number of carbonyl (C=O) groups is 2. The van der Waals surface area contributed by atoms with Crippen LogP contribution in [0.4, 0.5) is 23.0 Å². The van der Waals surface area contributed by atoms with E-state index in [1.165, 1.54) is 12.3 Å². The lowest BCUT2D eigenvalue weighted by molar-refractivity contribution is -0.111. The molecule has 2 aromatic heterocycles. The lowest BCUT2D eigenvalue weighted by Gasteiger charge is -2.26. The zero-order chi connectivity index (χ0) is 32.1. The SMILES string of the molecule is C=CC(=O)Nc1cc(Nc2ncc(C(=O)OC3CCOC3)c(-c3cn(C)c4ccccc34)n2)c(OC)cc1N(C)CCN(C)C. The van der Waals surface area contributed by atoms with Gasteiger partial charge in [-0.2, -0.15) is 0 Å². The van der Waals surface area contributed by atoms with Crippen LogP contribution in [0.15, 0.2) is 61.4 Å². The number of benzene rings is 2. The summed E-state index contributed by atoms with van der Waals surface area (Å²) in [6.45, 7) is 6.02. The molecule has 236 valence electrons. The van der Waals surface area contributed by atoms with Gasteiger partial charge >= 0.3 is 5.97 Å². The minimum absolute atomic E-state index is 0.228. The molecule has 4 aromatic rings. The molecule has 0 radical (unpaired) electrons. The summed E-state index contributed by atoms with van der Waals surface area (Å²) in [6.07, 6.45) is 4.95. The predicted octanol–water partition coefficient (Wildman–Crippen LogP) is 4.46. The Kier molecular flexibility index (Phi) is 9.65. The molecule has 3 heterocycles. The molecular weight excluding hydrogens is 574 g/mol. The molecule has 0 bridgehead atoms. The number of nitrogens with zero attached hydrogens (tertiary/aromatic N) is 5. The first-order valence-electron chi connectivity index (χ1n) is 14.7. The van der Waals surface area contributed by atoms with E-state index in [0.717, 1.165) is 28.7 Å². The molecule has 1 atom stereocenters. The van der Waals surface area contributed by atoms with Crippen LogP contribution in [-0.4, -0.2) is 92.0 Å². The van der Waals surface area contributed by atoms with Crippen LogP contribution in [0.1, 0.15) is 16.8 Å². The number of para-hydroxylation sites is 1. The number of hydrogen-bond acceptors (Lipinski definition) is 10. The van der Waals surface area contributed by atoms with Crippen LogP contribution in [0, 0.1) is 0 Å².